The van der Waals surface area contributed by atoms with Crippen molar-refractivity contribution in [2.45, 2.75) is 6.92 Å². The van der Waals surface area contributed by atoms with Gasteiger partial charge in [0.15, 0.2) is 0 Å². The van der Waals surface area contributed by atoms with Gasteiger partial charge in [-0.1, -0.05) is 12.1 Å². The minimum absolute atomic E-state index is 0.750. The lowest BCUT2D eigenvalue weighted by Crippen LogP contribution is -1.75. The van der Waals surface area contributed by atoms with Gasteiger partial charge in [-0.05, 0) is 29.7 Å². The Balaban J connectivity index is 0.000000148. The smallest absolute Gasteiger partial charge is 0.430 e. The summed E-state index contributed by atoms with van der Waals surface area (Å²) in [7, 11) is -0.750. The maximum Gasteiger partial charge on any atom is 0.432 e. The molecule has 0 bridgehead atoms. The second kappa shape index (κ2) is 2.86. The third kappa shape index (κ3) is 1.59. The normalized spacial score (nSPS) is 9.50. The fourth-order valence-corrected chi connectivity index (χ4v) is 0.914. The molecule has 0 radical (unpaired) electrons. The Morgan fingerprint density at radius 2 is 1.50 bits per heavy atom. The van der Waals surface area contributed by atoms with Gasteiger partial charge in [-0.2, -0.15) is 0 Å². The van der Waals surface area contributed by atoms with Crippen LogP contribution in [0, 0.1) is 6.92 Å². The molecular formula is C7H9BO2. The van der Waals surface area contributed by atoms with Crippen LogP contribution in [-0.4, -0.2) is 17.7 Å². The summed E-state index contributed by atoms with van der Waals surface area (Å²) < 4.78 is 0. The highest BCUT2D eigenvalue weighted by molar-refractivity contribution is 6.13. The van der Waals surface area contributed by atoms with Crippen LogP contribution >= 0.6 is 0 Å². The van der Waals surface area contributed by atoms with E-state index in [2.05, 4.69) is 25.1 Å². The van der Waals surface area contributed by atoms with Gasteiger partial charge < -0.3 is 10.0 Å². The molecule has 2 rings (SSSR count). The maximum absolute atomic E-state index is 7.12. The molecule has 0 aromatic carbocycles. The number of aryl methyl sites for hydroxylation is 1. The van der Waals surface area contributed by atoms with Gasteiger partial charge in [0.05, 0.1) is 0 Å². The van der Waals surface area contributed by atoms with Gasteiger partial charge in [0, 0.05) is 0 Å². The van der Waals surface area contributed by atoms with Gasteiger partial charge >= 0.3 is 7.69 Å². The van der Waals surface area contributed by atoms with Gasteiger partial charge in [-0.15, -0.1) is 0 Å². The predicted molar refractivity (Wildman–Crippen MR) is 41.8 cm³/mol. The van der Waals surface area contributed by atoms with Crippen LogP contribution in [0.25, 0.3) is 11.1 Å². The summed E-state index contributed by atoms with van der Waals surface area (Å²) in [5.74, 6) is 0. The predicted octanol–water partition coefficient (Wildman–Crippen LogP) is 0.213. The lowest BCUT2D eigenvalue weighted by atomic mass is 10.4. The van der Waals surface area contributed by atoms with E-state index in [9.17, 15) is 0 Å². The van der Waals surface area contributed by atoms with E-state index in [0.29, 0.717) is 0 Å². The van der Waals surface area contributed by atoms with Crippen LogP contribution in [0.5, 0.6) is 0 Å². The molecule has 2 N–H and O–H groups in total. The van der Waals surface area contributed by atoms with Crippen LogP contribution in [0.3, 0.4) is 0 Å². The average molecular weight is 136 g/mol. The van der Waals surface area contributed by atoms with Crippen molar-refractivity contribution >= 4 is 7.69 Å². The maximum atomic E-state index is 7.12. The number of fused-ring (bicyclic) bond motifs is 1. The second-order valence-electron chi connectivity index (χ2n) is 2.23. The molecule has 0 saturated carbocycles. The van der Waals surface area contributed by atoms with Crippen LogP contribution in [0.1, 0.15) is 5.56 Å². The molecule has 3 heteroatoms. The molecule has 0 spiro atoms. The van der Waals surface area contributed by atoms with Crippen molar-refractivity contribution in [3.8, 4) is 11.1 Å². The molecule has 2 nitrogen and oxygen atoms in total. The number of hydrogen-bond acceptors (Lipinski definition) is 2. The topological polar surface area (TPSA) is 40.5 Å². The first kappa shape index (κ1) is 7.31. The van der Waals surface area contributed by atoms with Gasteiger partial charge in [0.25, 0.3) is 0 Å². The van der Waals surface area contributed by atoms with Gasteiger partial charge in [0.2, 0.25) is 0 Å². The molecule has 0 aliphatic heterocycles. The van der Waals surface area contributed by atoms with E-state index in [1.54, 1.807) is 0 Å². The van der Waals surface area contributed by atoms with E-state index in [0.717, 1.165) is 0 Å². The standard InChI is InChI=1S/C7H6.BH3O2/c1-5-2-6-4-7(6)3-5;2-1-3/h2-4H,1H3;1-3H. The van der Waals surface area contributed by atoms with E-state index in [-0.39, 0.29) is 0 Å². The lowest BCUT2D eigenvalue weighted by molar-refractivity contribution is 0.448. The Morgan fingerprint density at radius 1 is 1.10 bits per heavy atom. The quantitative estimate of drug-likeness (QED) is 0.508. The van der Waals surface area contributed by atoms with Crippen LogP contribution in [-0.2, 0) is 0 Å². The van der Waals surface area contributed by atoms with Crippen molar-refractivity contribution in [3.63, 3.8) is 0 Å². The molecule has 2 aliphatic carbocycles. The fraction of sp³-hybridized carbons (Fsp3) is 0.143. The van der Waals surface area contributed by atoms with Crippen molar-refractivity contribution in [3.05, 3.63) is 23.8 Å². The Kier molecular flexibility index (Phi) is 2.09. The van der Waals surface area contributed by atoms with E-state index in [1.165, 1.54) is 16.7 Å². The van der Waals surface area contributed by atoms with Crippen LogP contribution < -0.4 is 0 Å². The molecule has 0 amide bonds. The third-order valence-electron chi connectivity index (χ3n) is 1.33. The van der Waals surface area contributed by atoms with E-state index in [1.807, 2.05) is 0 Å². The molecule has 2 aliphatic rings. The molecule has 0 fully saturated rings. The number of rotatable bonds is 0. The van der Waals surface area contributed by atoms with E-state index < -0.39 is 7.69 Å². The second-order valence-corrected chi connectivity index (χ2v) is 2.23. The zero-order chi connectivity index (χ0) is 7.56. The Labute approximate surface area is 60.4 Å². The molecule has 0 unspecified atom stereocenters. The SMILES string of the molecule is Cc1cc2cc-2c1.OBO. The summed E-state index contributed by atoms with van der Waals surface area (Å²) in [6, 6.07) is 6.59. The van der Waals surface area contributed by atoms with Gasteiger partial charge in [0.1, 0.15) is 0 Å². The van der Waals surface area contributed by atoms with Crippen LogP contribution in [0.2, 0.25) is 0 Å². The average Bonchev–Trinajstić information content (AvgIpc) is 2.42. The monoisotopic (exact) mass is 136 g/mol. The lowest BCUT2D eigenvalue weighted by Gasteiger charge is -1.69. The summed E-state index contributed by atoms with van der Waals surface area (Å²) in [5.41, 5.74) is 4.28. The summed E-state index contributed by atoms with van der Waals surface area (Å²) in [6.07, 6.45) is 0. The van der Waals surface area contributed by atoms with Crippen LogP contribution in [0.4, 0.5) is 0 Å². The van der Waals surface area contributed by atoms with Crippen molar-refractivity contribution in [1.82, 2.24) is 0 Å². The van der Waals surface area contributed by atoms with Crippen molar-refractivity contribution in [1.29, 1.82) is 0 Å². The van der Waals surface area contributed by atoms with Crippen molar-refractivity contribution in [2.75, 3.05) is 0 Å². The molecule has 0 atom stereocenters. The first-order valence-electron chi connectivity index (χ1n) is 3.11. The number of benzene rings is 1. The minimum Gasteiger partial charge on any atom is -0.430 e. The van der Waals surface area contributed by atoms with Crippen molar-refractivity contribution in [2.24, 2.45) is 0 Å². The van der Waals surface area contributed by atoms with E-state index in [4.69, 9.17) is 10.0 Å². The Hall–Kier alpha value is -0.795. The fourth-order valence-electron chi connectivity index (χ4n) is 0.914. The summed E-state index contributed by atoms with van der Waals surface area (Å²) in [4.78, 5) is 0. The molecule has 52 valence electrons. The molecule has 0 heterocycles. The van der Waals surface area contributed by atoms with Crippen LogP contribution in [0.15, 0.2) is 18.2 Å². The molecule has 0 aromatic heterocycles. The molecule has 0 saturated heterocycles. The first-order valence-corrected chi connectivity index (χ1v) is 3.11. The zero-order valence-corrected chi connectivity index (χ0v) is 5.83. The summed E-state index contributed by atoms with van der Waals surface area (Å²) >= 11 is 0. The highest BCUT2D eigenvalue weighted by atomic mass is 16.4. The van der Waals surface area contributed by atoms with Crippen molar-refractivity contribution < 1.29 is 10.0 Å². The summed E-state index contributed by atoms with van der Waals surface area (Å²) in [5, 5.41) is 14.2. The minimum atomic E-state index is -0.750. The number of hydrogen-bond donors (Lipinski definition) is 2. The highest BCUT2D eigenvalue weighted by Gasteiger charge is 2.10. The molecular weight excluding hydrogens is 127 g/mol. The zero-order valence-electron chi connectivity index (χ0n) is 5.83. The van der Waals surface area contributed by atoms with Gasteiger partial charge in [-0.3, -0.25) is 0 Å². The van der Waals surface area contributed by atoms with Gasteiger partial charge in [-0.25, -0.2) is 0 Å². The summed E-state index contributed by atoms with van der Waals surface area (Å²) in [6.45, 7) is 2.12. The van der Waals surface area contributed by atoms with E-state index >= 15 is 0 Å². The molecule has 0 aromatic rings. The Morgan fingerprint density at radius 3 is 1.70 bits per heavy atom. The third-order valence-corrected chi connectivity index (χ3v) is 1.33. The Bertz CT molecular complexity index is 215. The molecule has 10 heavy (non-hydrogen) atoms. The largest absolute Gasteiger partial charge is 0.432 e. The highest BCUT2D eigenvalue weighted by Crippen LogP contribution is 2.35. The first-order chi connectivity index (χ1) is 4.77.